The van der Waals surface area contributed by atoms with E-state index in [9.17, 15) is 14.4 Å². The van der Waals surface area contributed by atoms with E-state index in [2.05, 4.69) is 15.6 Å². The lowest BCUT2D eigenvalue weighted by Crippen LogP contribution is -2.44. The second kappa shape index (κ2) is 15.7. The highest BCUT2D eigenvalue weighted by Crippen LogP contribution is 2.27. The number of nitrogens with zero attached hydrogens (tertiary/aromatic N) is 2. The summed E-state index contributed by atoms with van der Waals surface area (Å²) in [6.45, 7) is 9.00. The second-order valence-electron chi connectivity index (χ2n) is 10.7. The number of rotatable bonds is 12. The average molecular weight is 591 g/mol. The van der Waals surface area contributed by atoms with Crippen molar-refractivity contribution in [2.24, 2.45) is 10.4 Å². The first-order valence-corrected chi connectivity index (χ1v) is 14.7. The molecule has 1 atom stereocenters. The minimum atomic E-state index is -0.621. The van der Waals surface area contributed by atoms with Crippen LogP contribution < -0.4 is 10.6 Å². The number of aliphatic imine (C=N–C) groups is 1. The van der Waals surface area contributed by atoms with Crippen LogP contribution in [0.15, 0.2) is 77.9 Å². The molecule has 1 aromatic heterocycles. The Labute approximate surface area is 251 Å². The third kappa shape index (κ3) is 11.4. The maximum Gasteiger partial charge on any atom is 0.307 e. The Hall–Kier alpha value is -4.18. The molecule has 42 heavy (non-hydrogen) atoms. The fourth-order valence-corrected chi connectivity index (χ4v) is 4.69. The van der Waals surface area contributed by atoms with Crippen molar-refractivity contribution in [2.75, 3.05) is 5.94 Å². The van der Waals surface area contributed by atoms with Gasteiger partial charge in [-0.1, -0.05) is 62.4 Å². The van der Waals surface area contributed by atoms with Gasteiger partial charge in [-0.05, 0) is 61.7 Å². The van der Waals surface area contributed by atoms with Crippen LogP contribution in [-0.2, 0) is 23.9 Å². The summed E-state index contributed by atoms with van der Waals surface area (Å²) in [6, 6.07) is 19.0. The van der Waals surface area contributed by atoms with Gasteiger partial charge in [0, 0.05) is 17.7 Å². The fourth-order valence-electron chi connectivity index (χ4n) is 3.96. The maximum absolute atomic E-state index is 12.6. The van der Waals surface area contributed by atoms with Gasteiger partial charge in [0.25, 0.3) is 0 Å². The second-order valence-corrected chi connectivity index (χ2v) is 11.6. The van der Waals surface area contributed by atoms with E-state index in [1.807, 2.05) is 74.5 Å². The molecule has 0 aliphatic carbocycles. The first-order valence-electron chi connectivity index (χ1n) is 13.7. The normalized spacial score (nSPS) is 12.8. The number of aromatic nitrogens is 1. The number of hydrogen-bond acceptors (Lipinski definition) is 8. The molecule has 3 rings (SSSR count). The molecular formula is C32H38N4O5S. The largest absolute Gasteiger partial charge is 0.463 e. The molecular weight excluding hydrogens is 552 g/mol. The van der Waals surface area contributed by atoms with E-state index in [-0.39, 0.29) is 36.8 Å². The molecule has 2 N–H and O–H groups in total. The number of fused-ring (bicyclic) bond motifs is 1. The Morgan fingerprint density at radius 2 is 1.67 bits per heavy atom. The molecule has 0 spiro atoms. The van der Waals surface area contributed by atoms with Gasteiger partial charge in [-0.15, -0.1) is 0 Å². The number of thioether (sulfide) groups is 1. The van der Waals surface area contributed by atoms with Crippen LogP contribution in [0.5, 0.6) is 0 Å². The van der Waals surface area contributed by atoms with Crippen molar-refractivity contribution in [1.82, 2.24) is 15.6 Å². The van der Waals surface area contributed by atoms with Crippen LogP contribution >= 0.6 is 11.8 Å². The number of pyridine rings is 1. The Balaban J connectivity index is 1.66. The van der Waals surface area contributed by atoms with Gasteiger partial charge in [-0.3, -0.25) is 19.4 Å². The van der Waals surface area contributed by atoms with Crippen LogP contribution in [0.25, 0.3) is 17.0 Å². The third-order valence-corrected chi connectivity index (χ3v) is 6.51. The molecule has 0 aliphatic heterocycles. The van der Waals surface area contributed by atoms with E-state index in [0.717, 1.165) is 16.5 Å². The van der Waals surface area contributed by atoms with Crippen molar-refractivity contribution in [3.05, 3.63) is 78.5 Å². The van der Waals surface area contributed by atoms with E-state index < -0.39 is 17.6 Å². The lowest BCUT2D eigenvalue weighted by molar-refractivity contribution is -0.151. The molecule has 0 bridgehead atoms. The molecule has 2 aromatic carbocycles. The van der Waals surface area contributed by atoms with E-state index in [4.69, 9.17) is 14.5 Å². The standard InChI is InChI=1S/C32H38N4O5S/c1-22(2)41-29(39)20-32(4,5)19-28(38)40-21-42-31(36-26-15-9-13-25-14-10-18-33-30(25)26)35-23(3)34-27(37)17-16-24-11-7-6-8-12-24/h6-18,22-23H,19-21H2,1-5H3,(H,34,37)(H,35,36)/b17-16+. The first kappa shape index (κ1) is 32.3. The zero-order chi connectivity index (χ0) is 30.5. The number of nitrogens with one attached hydrogen (secondary N) is 2. The van der Waals surface area contributed by atoms with E-state index in [1.165, 1.54) is 17.8 Å². The van der Waals surface area contributed by atoms with Gasteiger partial charge < -0.3 is 20.1 Å². The van der Waals surface area contributed by atoms with Crippen LogP contribution in [-0.4, -0.2) is 46.2 Å². The molecule has 0 saturated heterocycles. The van der Waals surface area contributed by atoms with Gasteiger partial charge in [0.1, 0.15) is 5.94 Å². The van der Waals surface area contributed by atoms with Gasteiger partial charge in [0.15, 0.2) is 5.17 Å². The summed E-state index contributed by atoms with van der Waals surface area (Å²) in [5, 5.41) is 7.42. The van der Waals surface area contributed by atoms with Crippen LogP contribution in [0.3, 0.4) is 0 Å². The molecule has 10 heteroatoms. The molecule has 0 radical (unpaired) electrons. The molecule has 3 aromatic rings. The smallest absolute Gasteiger partial charge is 0.307 e. The number of hydrogen-bond donors (Lipinski definition) is 2. The molecule has 222 valence electrons. The van der Waals surface area contributed by atoms with Crippen molar-refractivity contribution in [3.63, 3.8) is 0 Å². The van der Waals surface area contributed by atoms with Crippen LogP contribution in [0.1, 0.15) is 53.0 Å². The highest BCUT2D eigenvalue weighted by Gasteiger charge is 2.27. The van der Waals surface area contributed by atoms with E-state index in [0.29, 0.717) is 10.9 Å². The topological polar surface area (TPSA) is 119 Å². The summed E-state index contributed by atoms with van der Waals surface area (Å²) in [4.78, 5) is 46.4. The fraction of sp³-hybridized carbons (Fsp3) is 0.344. The molecule has 0 saturated carbocycles. The minimum Gasteiger partial charge on any atom is -0.463 e. The SMILES string of the molecule is CC(NC(=O)/C=C/c1ccccc1)N/C(=N\c1cccc2cccnc12)SCOC(=O)CC(C)(C)CC(=O)OC(C)C. The molecule has 1 amide bonds. The number of carbonyl (C=O) groups is 3. The zero-order valence-corrected chi connectivity index (χ0v) is 25.4. The number of amides is 1. The number of para-hydroxylation sites is 1. The predicted molar refractivity (Wildman–Crippen MR) is 168 cm³/mol. The quantitative estimate of drug-likeness (QED) is 0.0870. The Morgan fingerprint density at radius 1 is 0.952 bits per heavy atom. The monoisotopic (exact) mass is 590 g/mol. The van der Waals surface area contributed by atoms with Crippen molar-refractivity contribution in [1.29, 1.82) is 0 Å². The maximum atomic E-state index is 12.6. The van der Waals surface area contributed by atoms with Crippen molar-refractivity contribution in [2.45, 2.75) is 59.7 Å². The lowest BCUT2D eigenvalue weighted by atomic mass is 9.86. The van der Waals surface area contributed by atoms with E-state index in [1.54, 1.807) is 33.0 Å². The Bertz CT molecular complexity index is 1420. The van der Waals surface area contributed by atoms with Crippen LogP contribution in [0, 0.1) is 5.41 Å². The van der Waals surface area contributed by atoms with Gasteiger partial charge in [-0.25, -0.2) is 4.99 Å². The van der Waals surface area contributed by atoms with Crippen molar-refractivity contribution >= 4 is 57.4 Å². The number of amidine groups is 1. The molecule has 0 fully saturated rings. The summed E-state index contributed by atoms with van der Waals surface area (Å²) < 4.78 is 10.7. The first-order chi connectivity index (χ1) is 20.0. The molecule has 1 unspecified atom stereocenters. The predicted octanol–water partition coefficient (Wildman–Crippen LogP) is 5.98. The van der Waals surface area contributed by atoms with E-state index >= 15 is 0 Å². The average Bonchev–Trinajstić information content (AvgIpc) is 2.91. The van der Waals surface area contributed by atoms with Crippen LogP contribution in [0.2, 0.25) is 0 Å². The molecule has 0 aliphatic rings. The minimum absolute atomic E-state index is 0.0239. The van der Waals surface area contributed by atoms with Gasteiger partial charge in [0.05, 0.1) is 36.3 Å². The van der Waals surface area contributed by atoms with Gasteiger partial charge in [-0.2, -0.15) is 0 Å². The summed E-state index contributed by atoms with van der Waals surface area (Å²) in [6.07, 6.45) is 4.34. The lowest BCUT2D eigenvalue weighted by Gasteiger charge is -2.23. The van der Waals surface area contributed by atoms with Crippen molar-refractivity contribution < 1.29 is 23.9 Å². The van der Waals surface area contributed by atoms with Gasteiger partial charge in [0.2, 0.25) is 5.91 Å². The Morgan fingerprint density at radius 3 is 2.40 bits per heavy atom. The Kier molecular flexibility index (Phi) is 12.1. The third-order valence-electron chi connectivity index (χ3n) is 5.79. The molecule has 1 heterocycles. The summed E-state index contributed by atoms with van der Waals surface area (Å²) in [7, 11) is 0. The summed E-state index contributed by atoms with van der Waals surface area (Å²) in [5.74, 6) is -1.10. The summed E-state index contributed by atoms with van der Waals surface area (Å²) in [5.41, 5.74) is 1.64. The van der Waals surface area contributed by atoms with Crippen molar-refractivity contribution in [3.8, 4) is 0 Å². The zero-order valence-electron chi connectivity index (χ0n) is 24.6. The van der Waals surface area contributed by atoms with Crippen LogP contribution in [0.4, 0.5) is 5.69 Å². The number of ether oxygens (including phenoxy) is 2. The molecule has 9 nitrogen and oxygen atoms in total. The number of esters is 2. The van der Waals surface area contributed by atoms with Gasteiger partial charge >= 0.3 is 11.9 Å². The highest BCUT2D eigenvalue weighted by molar-refractivity contribution is 8.13. The number of benzene rings is 2. The summed E-state index contributed by atoms with van der Waals surface area (Å²) >= 11 is 1.17. The number of carbonyl (C=O) groups excluding carboxylic acids is 3. The highest BCUT2D eigenvalue weighted by atomic mass is 32.2.